The largest absolute Gasteiger partial charge is 0.322 e. The predicted octanol–water partition coefficient (Wildman–Crippen LogP) is 4.66. The van der Waals surface area contributed by atoms with E-state index < -0.39 is 10.0 Å². The number of hydrogen-bond acceptors (Lipinski definition) is 5. The SMILES string of the molecule is CSc1ccc(S(=O)(=O)Nc2ccc(C(=O)Nc3cccc(C(C)=O)c3)cc2)cc1. The molecule has 0 atom stereocenters. The fraction of sp³-hybridized carbons (Fsp3) is 0.0909. The summed E-state index contributed by atoms with van der Waals surface area (Å²) in [5.74, 6) is -0.455. The van der Waals surface area contributed by atoms with Crippen LogP contribution in [0, 0.1) is 0 Å². The van der Waals surface area contributed by atoms with Gasteiger partial charge in [-0.2, -0.15) is 0 Å². The highest BCUT2D eigenvalue weighted by Crippen LogP contribution is 2.21. The minimum absolute atomic E-state index is 0.0918. The quantitative estimate of drug-likeness (QED) is 0.412. The van der Waals surface area contributed by atoms with E-state index in [1.54, 1.807) is 48.5 Å². The number of benzene rings is 3. The van der Waals surface area contributed by atoms with Crippen LogP contribution in [0.4, 0.5) is 11.4 Å². The molecule has 154 valence electrons. The van der Waals surface area contributed by atoms with Crippen LogP contribution in [-0.4, -0.2) is 26.4 Å². The maximum Gasteiger partial charge on any atom is 0.261 e. The van der Waals surface area contributed by atoms with E-state index in [-0.39, 0.29) is 16.6 Å². The predicted molar refractivity (Wildman–Crippen MR) is 120 cm³/mol. The Morgan fingerprint density at radius 1 is 0.833 bits per heavy atom. The lowest BCUT2D eigenvalue weighted by atomic mass is 10.1. The minimum Gasteiger partial charge on any atom is -0.322 e. The molecule has 0 spiro atoms. The van der Waals surface area contributed by atoms with Crippen molar-refractivity contribution in [2.45, 2.75) is 16.7 Å². The lowest BCUT2D eigenvalue weighted by Gasteiger charge is -2.10. The van der Waals surface area contributed by atoms with Crippen molar-refractivity contribution in [2.75, 3.05) is 16.3 Å². The van der Waals surface area contributed by atoms with Gasteiger partial charge in [0.05, 0.1) is 4.90 Å². The number of Topliss-reactive ketones (excluding diaryl/α,β-unsaturated/α-hetero) is 1. The third kappa shape index (κ3) is 5.28. The molecular weight excluding hydrogens is 420 g/mol. The molecule has 0 unspecified atom stereocenters. The molecule has 0 radical (unpaired) electrons. The average Bonchev–Trinajstić information content (AvgIpc) is 2.74. The van der Waals surface area contributed by atoms with Crippen molar-refractivity contribution in [1.29, 1.82) is 0 Å². The fourth-order valence-electron chi connectivity index (χ4n) is 2.68. The second kappa shape index (κ2) is 9.15. The standard InChI is InChI=1S/C22H20N2O4S2/c1-15(25)17-4-3-5-19(14-17)23-22(26)16-6-8-18(9-7-16)24-30(27,28)21-12-10-20(29-2)11-13-21/h3-14,24H,1-2H3,(H,23,26). The molecule has 3 aromatic carbocycles. The van der Waals surface area contributed by atoms with Crippen LogP contribution < -0.4 is 10.0 Å². The molecule has 6 nitrogen and oxygen atoms in total. The molecule has 2 N–H and O–H groups in total. The molecular formula is C22H20N2O4S2. The topological polar surface area (TPSA) is 92.3 Å². The smallest absolute Gasteiger partial charge is 0.261 e. The van der Waals surface area contributed by atoms with Gasteiger partial charge in [-0.25, -0.2) is 8.42 Å². The van der Waals surface area contributed by atoms with E-state index in [1.807, 2.05) is 6.26 Å². The maximum absolute atomic E-state index is 12.5. The number of hydrogen-bond donors (Lipinski definition) is 2. The number of carbonyl (C=O) groups excluding carboxylic acids is 2. The first-order chi connectivity index (χ1) is 14.3. The van der Waals surface area contributed by atoms with Crippen LogP contribution in [0.3, 0.4) is 0 Å². The normalized spacial score (nSPS) is 11.0. The van der Waals surface area contributed by atoms with Crippen molar-refractivity contribution in [3.63, 3.8) is 0 Å². The molecule has 0 heterocycles. The van der Waals surface area contributed by atoms with Gasteiger partial charge in [-0.3, -0.25) is 14.3 Å². The zero-order chi connectivity index (χ0) is 21.7. The van der Waals surface area contributed by atoms with Gasteiger partial charge >= 0.3 is 0 Å². The molecule has 3 aromatic rings. The molecule has 30 heavy (non-hydrogen) atoms. The minimum atomic E-state index is -3.72. The van der Waals surface area contributed by atoms with Gasteiger partial charge in [0.2, 0.25) is 0 Å². The number of rotatable bonds is 7. The van der Waals surface area contributed by atoms with Crippen LogP contribution in [0.25, 0.3) is 0 Å². The van der Waals surface area contributed by atoms with Crippen LogP contribution in [0.15, 0.2) is 82.6 Å². The van der Waals surface area contributed by atoms with Crippen LogP contribution in [-0.2, 0) is 10.0 Å². The highest BCUT2D eigenvalue weighted by Gasteiger charge is 2.15. The first-order valence-corrected chi connectivity index (χ1v) is 11.7. The molecule has 1 amide bonds. The van der Waals surface area contributed by atoms with Crippen molar-refractivity contribution in [1.82, 2.24) is 0 Å². The van der Waals surface area contributed by atoms with Crippen molar-refractivity contribution >= 4 is 44.9 Å². The molecule has 0 saturated heterocycles. The Bertz CT molecular complexity index is 1170. The average molecular weight is 441 g/mol. The first kappa shape index (κ1) is 21.6. The highest BCUT2D eigenvalue weighted by atomic mass is 32.2. The van der Waals surface area contributed by atoms with Gasteiger partial charge < -0.3 is 5.32 Å². The summed E-state index contributed by atoms with van der Waals surface area (Å²) >= 11 is 1.53. The van der Waals surface area contributed by atoms with Crippen molar-refractivity contribution < 1.29 is 18.0 Å². The fourth-order valence-corrected chi connectivity index (χ4v) is 4.14. The van der Waals surface area contributed by atoms with Gasteiger partial charge in [0.15, 0.2) is 5.78 Å². The zero-order valence-electron chi connectivity index (χ0n) is 16.4. The number of sulfonamides is 1. The summed E-state index contributed by atoms with van der Waals surface area (Å²) in [5.41, 5.74) is 1.71. The van der Waals surface area contributed by atoms with E-state index in [9.17, 15) is 18.0 Å². The summed E-state index contributed by atoms with van der Waals surface area (Å²) in [6, 6.07) is 19.3. The van der Waals surface area contributed by atoms with Crippen LogP contribution in [0.2, 0.25) is 0 Å². The Morgan fingerprint density at radius 3 is 2.10 bits per heavy atom. The van der Waals surface area contributed by atoms with E-state index in [0.717, 1.165) is 4.90 Å². The van der Waals surface area contributed by atoms with Crippen LogP contribution >= 0.6 is 11.8 Å². The van der Waals surface area contributed by atoms with Gasteiger partial charge in [-0.05, 0) is 73.8 Å². The maximum atomic E-state index is 12.5. The molecule has 3 rings (SSSR count). The molecule has 0 aliphatic heterocycles. The number of anilines is 2. The Labute approximate surface area is 179 Å². The first-order valence-electron chi connectivity index (χ1n) is 8.98. The summed E-state index contributed by atoms with van der Waals surface area (Å²) in [6.45, 7) is 1.46. The van der Waals surface area contributed by atoms with E-state index in [1.165, 1.54) is 43.0 Å². The lowest BCUT2D eigenvalue weighted by molar-refractivity contribution is 0.101. The second-order valence-corrected chi connectivity index (χ2v) is 9.01. The molecule has 0 saturated carbocycles. The van der Waals surface area contributed by atoms with Gasteiger partial charge in [-0.15, -0.1) is 11.8 Å². The van der Waals surface area contributed by atoms with E-state index >= 15 is 0 Å². The Balaban J connectivity index is 1.70. The monoisotopic (exact) mass is 440 g/mol. The van der Waals surface area contributed by atoms with E-state index in [0.29, 0.717) is 22.5 Å². The summed E-state index contributed by atoms with van der Waals surface area (Å²) in [6.07, 6.45) is 1.92. The van der Waals surface area contributed by atoms with Crippen LogP contribution in [0.5, 0.6) is 0 Å². The molecule has 0 aliphatic rings. The lowest BCUT2D eigenvalue weighted by Crippen LogP contribution is -2.14. The van der Waals surface area contributed by atoms with Crippen LogP contribution in [0.1, 0.15) is 27.6 Å². The number of ketones is 1. The molecule has 0 bridgehead atoms. The van der Waals surface area contributed by atoms with Gasteiger partial charge in [0, 0.05) is 27.4 Å². The molecule has 0 aliphatic carbocycles. The number of amides is 1. The van der Waals surface area contributed by atoms with Crippen molar-refractivity contribution in [2.24, 2.45) is 0 Å². The van der Waals surface area contributed by atoms with Gasteiger partial charge in [-0.1, -0.05) is 12.1 Å². The summed E-state index contributed by atoms with van der Waals surface area (Å²) in [5, 5.41) is 2.73. The summed E-state index contributed by atoms with van der Waals surface area (Å²) in [7, 11) is -3.72. The number of thioether (sulfide) groups is 1. The Hall–Kier alpha value is -3.10. The molecule has 8 heteroatoms. The molecule has 0 aromatic heterocycles. The van der Waals surface area contributed by atoms with Crippen molar-refractivity contribution in [3.8, 4) is 0 Å². The van der Waals surface area contributed by atoms with Crippen molar-refractivity contribution in [3.05, 3.63) is 83.9 Å². The van der Waals surface area contributed by atoms with E-state index in [2.05, 4.69) is 10.0 Å². The zero-order valence-corrected chi connectivity index (χ0v) is 18.0. The Kier molecular flexibility index (Phi) is 6.59. The van der Waals surface area contributed by atoms with Gasteiger partial charge in [0.1, 0.15) is 0 Å². The third-order valence-electron chi connectivity index (χ3n) is 4.30. The number of nitrogens with one attached hydrogen (secondary N) is 2. The van der Waals surface area contributed by atoms with E-state index in [4.69, 9.17) is 0 Å². The second-order valence-electron chi connectivity index (χ2n) is 6.45. The molecule has 0 fully saturated rings. The third-order valence-corrected chi connectivity index (χ3v) is 6.44. The highest BCUT2D eigenvalue weighted by molar-refractivity contribution is 7.98. The Morgan fingerprint density at radius 2 is 1.50 bits per heavy atom. The summed E-state index contributed by atoms with van der Waals surface area (Å²) in [4.78, 5) is 25.0. The summed E-state index contributed by atoms with van der Waals surface area (Å²) < 4.78 is 27.6. The van der Waals surface area contributed by atoms with Gasteiger partial charge in [0.25, 0.3) is 15.9 Å². The number of carbonyl (C=O) groups is 2.